The summed E-state index contributed by atoms with van der Waals surface area (Å²) in [6, 6.07) is 16.7. The standard InChI is InChI=1S/C20H15FN2O5/c1-27-20(24)18-12-17(10-11-19(18)23(25)26)28-16-8-6-15(7-9-16)22-14-4-2-13(21)3-5-14/h2-12,22H,1H3. The fraction of sp³-hybridized carbons (Fsp3) is 0.0500. The summed E-state index contributed by atoms with van der Waals surface area (Å²) in [4.78, 5) is 22.2. The molecule has 0 aromatic heterocycles. The number of benzene rings is 3. The zero-order chi connectivity index (χ0) is 20.1. The van der Waals surface area contributed by atoms with E-state index in [0.717, 1.165) is 18.5 Å². The van der Waals surface area contributed by atoms with E-state index in [1.165, 1.54) is 30.3 Å². The summed E-state index contributed by atoms with van der Waals surface area (Å²) in [6.07, 6.45) is 0. The third-order valence-corrected chi connectivity index (χ3v) is 3.79. The number of halogens is 1. The lowest BCUT2D eigenvalue weighted by molar-refractivity contribution is -0.385. The van der Waals surface area contributed by atoms with Gasteiger partial charge in [-0.25, -0.2) is 9.18 Å². The van der Waals surface area contributed by atoms with E-state index in [9.17, 15) is 19.3 Å². The second-order valence-corrected chi connectivity index (χ2v) is 5.69. The van der Waals surface area contributed by atoms with Gasteiger partial charge in [0.2, 0.25) is 0 Å². The fourth-order valence-corrected chi connectivity index (χ4v) is 2.45. The number of hydrogen-bond acceptors (Lipinski definition) is 6. The van der Waals surface area contributed by atoms with Crippen LogP contribution in [0.5, 0.6) is 11.5 Å². The molecule has 3 rings (SSSR count). The molecule has 0 unspecified atom stereocenters. The number of hydrogen-bond donors (Lipinski definition) is 1. The predicted octanol–water partition coefficient (Wildman–Crippen LogP) is 5.06. The average Bonchev–Trinajstić information content (AvgIpc) is 2.70. The van der Waals surface area contributed by atoms with Crippen molar-refractivity contribution in [1.82, 2.24) is 0 Å². The molecule has 1 N–H and O–H groups in total. The Morgan fingerprint density at radius 3 is 2.11 bits per heavy atom. The van der Waals surface area contributed by atoms with Crippen LogP contribution in [0, 0.1) is 15.9 Å². The molecule has 3 aromatic rings. The van der Waals surface area contributed by atoms with Crippen LogP contribution in [0.3, 0.4) is 0 Å². The maximum atomic E-state index is 12.9. The molecule has 0 fully saturated rings. The van der Waals surface area contributed by atoms with Gasteiger partial charge in [0.25, 0.3) is 5.69 Å². The van der Waals surface area contributed by atoms with Crippen molar-refractivity contribution < 1.29 is 23.6 Å². The Hall–Kier alpha value is -3.94. The van der Waals surface area contributed by atoms with Crippen molar-refractivity contribution in [2.24, 2.45) is 0 Å². The molecule has 0 heterocycles. The van der Waals surface area contributed by atoms with E-state index in [0.29, 0.717) is 5.75 Å². The first-order valence-electron chi connectivity index (χ1n) is 8.13. The van der Waals surface area contributed by atoms with Gasteiger partial charge in [-0.3, -0.25) is 10.1 Å². The normalized spacial score (nSPS) is 10.2. The maximum absolute atomic E-state index is 12.9. The highest BCUT2D eigenvalue weighted by atomic mass is 19.1. The van der Waals surface area contributed by atoms with Crippen LogP contribution >= 0.6 is 0 Å². The zero-order valence-corrected chi connectivity index (χ0v) is 14.7. The number of carbonyl (C=O) groups excluding carboxylic acids is 1. The highest BCUT2D eigenvalue weighted by molar-refractivity contribution is 5.94. The summed E-state index contributed by atoms with van der Waals surface area (Å²) in [5.74, 6) is -0.417. The quantitative estimate of drug-likeness (QED) is 0.364. The number of nitro benzene ring substituents is 1. The van der Waals surface area contributed by atoms with Crippen molar-refractivity contribution in [2.75, 3.05) is 12.4 Å². The summed E-state index contributed by atoms with van der Waals surface area (Å²) in [7, 11) is 1.15. The number of carbonyl (C=O) groups is 1. The first-order chi connectivity index (χ1) is 13.5. The molecule has 0 bridgehead atoms. The van der Waals surface area contributed by atoms with Gasteiger partial charge in [0.05, 0.1) is 12.0 Å². The Bertz CT molecular complexity index is 1000. The Balaban J connectivity index is 1.75. The number of esters is 1. The van der Waals surface area contributed by atoms with E-state index < -0.39 is 10.9 Å². The van der Waals surface area contributed by atoms with E-state index in [-0.39, 0.29) is 22.8 Å². The predicted molar refractivity (Wildman–Crippen MR) is 101 cm³/mol. The fourth-order valence-electron chi connectivity index (χ4n) is 2.45. The number of rotatable bonds is 6. The molecule has 0 atom stereocenters. The highest BCUT2D eigenvalue weighted by Gasteiger charge is 2.21. The Morgan fingerprint density at radius 2 is 1.54 bits per heavy atom. The Labute approximate surface area is 159 Å². The molecule has 0 aliphatic heterocycles. The van der Waals surface area contributed by atoms with Crippen LogP contribution in [0.25, 0.3) is 0 Å². The first kappa shape index (κ1) is 18.8. The summed E-state index contributed by atoms with van der Waals surface area (Å²) >= 11 is 0. The zero-order valence-electron chi connectivity index (χ0n) is 14.7. The van der Waals surface area contributed by atoms with Gasteiger partial charge in [0, 0.05) is 23.5 Å². The number of nitrogens with one attached hydrogen (secondary N) is 1. The lowest BCUT2D eigenvalue weighted by atomic mass is 10.1. The first-order valence-corrected chi connectivity index (χ1v) is 8.13. The van der Waals surface area contributed by atoms with E-state index in [2.05, 4.69) is 10.1 Å². The minimum atomic E-state index is -0.823. The molecule has 0 amide bonds. The summed E-state index contributed by atoms with van der Waals surface area (Å²) in [6.45, 7) is 0. The van der Waals surface area contributed by atoms with Gasteiger partial charge in [-0.15, -0.1) is 0 Å². The minimum absolute atomic E-state index is 0.195. The summed E-state index contributed by atoms with van der Waals surface area (Å²) in [5, 5.41) is 14.2. The lowest BCUT2D eigenvalue weighted by Crippen LogP contribution is -2.05. The highest BCUT2D eigenvalue weighted by Crippen LogP contribution is 2.29. The van der Waals surface area contributed by atoms with Crippen molar-refractivity contribution >= 4 is 23.0 Å². The molecule has 0 spiro atoms. The van der Waals surface area contributed by atoms with E-state index in [1.807, 2.05) is 0 Å². The van der Waals surface area contributed by atoms with Crippen molar-refractivity contribution in [3.05, 3.63) is 88.2 Å². The minimum Gasteiger partial charge on any atom is -0.465 e. The van der Waals surface area contributed by atoms with Crippen LogP contribution < -0.4 is 10.1 Å². The average molecular weight is 382 g/mol. The van der Waals surface area contributed by atoms with Crippen LogP contribution in [0.4, 0.5) is 21.5 Å². The third-order valence-electron chi connectivity index (χ3n) is 3.79. The van der Waals surface area contributed by atoms with E-state index in [1.54, 1.807) is 36.4 Å². The third kappa shape index (κ3) is 4.42. The van der Waals surface area contributed by atoms with Crippen molar-refractivity contribution in [3.8, 4) is 11.5 Å². The molecular weight excluding hydrogens is 367 g/mol. The van der Waals surface area contributed by atoms with Crippen LogP contribution in [-0.4, -0.2) is 18.0 Å². The SMILES string of the molecule is COC(=O)c1cc(Oc2ccc(Nc3ccc(F)cc3)cc2)ccc1[N+](=O)[O-]. The Morgan fingerprint density at radius 1 is 0.964 bits per heavy atom. The molecule has 0 aliphatic carbocycles. The number of nitrogens with zero attached hydrogens (tertiary/aromatic N) is 1. The topological polar surface area (TPSA) is 90.7 Å². The number of anilines is 2. The van der Waals surface area contributed by atoms with Gasteiger partial charge in [-0.2, -0.15) is 0 Å². The number of methoxy groups -OCH3 is 1. The van der Waals surface area contributed by atoms with Gasteiger partial charge in [0.1, 0.15) is 22.9 Å². The molecule has 3 aromatic carbocycles. The number of ether oxygens (including phenoxy) is 2. The van der Waals surface area contributed by atoms with Gasteiger partial charge < -0.3 is 14.8 Å². The molecule has 0 saturated carbocycles. The number of nitro groups is 1. The van der Waals surface area contributed by atoms with Crippen LogP contribution in [-0.2, 0) is 4.74 Å². The second kappa shape index (κ2) is 8.17. The van der Waals surface area contributed by atoms with Crippen molar-refractivity contribution in [3.63, 3.8) is 0 Å². The van der Waals surface area contributed by atoms with E-state index >= 15 is 0 Å². The summed E-state index contributed by atoms with van der Waals surface area (Å²) < 4.78 is 23.2. The largest absolute Gasteiger partial charge is 0.465 e. The molecule has 0 saturated heterocycles. The maximum Gasteiger partial charge on any atom is 0.345 e. The monoisotopic (exact) mass is 382 g/mol. The molecule has 0 radical (unpaired) electrons. The lowest BCUT2D eigenvalue weighted by Gasteiger charge is -2.10. The molecule has 142 valence electrons. The van der Waals surface area contributed by atoms with Gasteiger partial charge in [-0.05, 0) is 54.6 Å². The molecule has 7 nitrogen and oxygen atoms in total. The van der Waals surface area contributed by atoms with Gasteiger partial charge >= 0.3 is 5.97 Å². The van der Waals surface area contributed by atoms with Crippen LogP contribution in [0.1, 0.15) is 10.4 Å². The second-order valence-electron chi connectivity index (χ2n) is 5.69. The van der Waals surface area contributed by atoms with Gasteiger partial charge in [-0.1, -0.05) is 0 Å². The molecular formula is C20H15FN2O5. The van der Waals surface area contributed by atoms with Crippen LogP contribution in [0.15, 0.2) is 66.7 Å². The van der Waals surface area contributed by atoms with Gasteiger partial charge in [0.15, 0.2) is 0 Å². The molecule has 0 aliphatic rings. The summed E-state index contributed by atoms with van der Waals surface area (Å²) in [5.41, 5.74) is 0.934. The molecule has 8 heteroatoms. The van der Waals surface area contributed by atoms with Crippen molar-refractivity contribution in [2.45, 2.75) is 0 Å². The smallest absolute Gasteiger partial charge is 0.345 e. The van der Waals surface area contributed by atoms with E-state index in [4.69, 9.17) is 4.74 Å². The van der Waals surface area contributed by atoms with Crippen LogP contribution in [0.2, 0.25) is 0 Å². The van der Waals surface area contributed by atoms with Crippen molar-refractivity contribution in [1.29, 1.82) is 0 Å². The Kier molecular flexibility index (Phi) is 5.50. The molecule has 28 heavy (non-hydrogen) atoms.